The molecule has 152 valence electrons. The first-order valence-electron chi connectivity index (χ1n) is 9.21. The van der Waals surface area contributed by atoms with Gasteiger partial charge in [-0.2, -0.15) is 5.10 Å². The standard InChI is InChI=1S/C21H18ClN5O3/c1-26-20-16(12-24-26)21(29)27(13-23-20)10-9-19(28)25-17-11-14(22)7-8-18(17)30-15-5-3-2-4-6-15/h2-8,11-13H,9-10H2,1H3,(H,25,28). The van der Waals surface area contributed by atoms with Crippen molar-refractivity contribution in [1.82, 2.24) is 19.3 Å². The number of hydrogen-bond donors (Lipinski definition) is 1. The number of hydrogen-bond acceptors (Lipinski definition) is 5. The van der Waals surface area contributed by atoms with Crippen molar-refractivity contribution in [2.24, 2.45) is 7.05 Å². The molecule has 2 aromatic carbocycles. The zero-order valence-electron chi connectivity index (χ0n) is 16.1. The summed E-state index contributed by atoms with van der Waals surface area (Å²) in [6.07, 6.45) is 2.97. The molecule has 0 saturated heterocycles. The first-order chi connectivity index (χ1) is 14.5. The number of fused-ring (bicyclic) bond motifs is 1. The molecule has 1 amide bonds. The molecule has 2 heterocycles. The topological polar surface area (TPSA) is 91.0 Å². The third-order valence-corrected chi connectivity index (χ3v) is 4.72. The van der Waals surface area contributed by atoms with Gasteiger partial charge in [0.05, 0.1) is 18.2 Å². The van der Waals surface area contributed by atoms with E-state index in [1.165, 1.54) is 21.8 Å². The molecule has 0 unspecified atom stereocenters. The fourth-order valence-electron chi connectivity index (χ4n) is 2.96. The van der Waals surface area contributed by atoms with E-state index >= 15 is 0 Å². The maximum atomic E-state index is 12.5. The molecule has 0 aliphatic carbocycles. The van der Waals surface area contributed by atoms with Crippen LogP contribution in [0.15, 0.2) is 65.8 Å². The summed E-state index contributed by atoms with van der Waals surface area (Å²) < 4.78 is 8.77. The van der Waals surface area contributed by atoms with Gasteiger partial charge >= 0.3 is 0 Å². The SMILES string of the molecule is Cn1ncc2c(=O)n(CCC(=O)Nc3cc(Cl)ccc3Oc3ccccc3)cnc21. The Balaban J connectivity index is 1.47. The molecule has 2 aromatic heterocycles. The van der Waals surface area contributed by atoms with E-state index in [1.807, 2.05) is 30.3 Å². The van der Waals surface area contributed by atoms with E-state index in [2.05, 4.69) is 15.4 Å². The smallest absolute Gasteiger partial charge is 0.264 e. The van der Waals surface area contributed by atoms with Crippen molar-refractivity contribution in [3.63, 3.8) is 0 Å². The summed E-state index contributed by atoms with van der Waals surface area (Å²) in [5.74, 6) is 0.820. The molecule has 0 fully saturated rings. The number of nitrogens with one attached hydrogen (secondary N) is 1. The predicted octanol–water partition coefficient (Wildman–Crippen LogP) is 3.60. The van der Waals surface area contributed by atoms with Crippen molar-refractivity contribution in [2.45, 2.75) is 13.0 Å². The Morgan fingerprint density at radius 2 is 2.00 bits per heavy atom. The van der Waals surface area contributed by atoms with Gasteiger partial charge in [-0.05, 0) is 30.3 Å². The second-order valence-corrected chi connectivity index (χ2v) is 7.04. The van der Waals surface area contributed by atoms with E-state index in [9.17, 15) is 9.59 Å². The lowest BCUT2D eigenvalue weighted by molar-refractivity contribution is -0.116. The highest BCUT2D eigenvalue weighted by molar-refractivity contribution is 6.31. The second kappa shape index (κ2) is 8.38. The maximum Gasteiger partial charge on any atom is 0.264 e. The number of halogens is 1. The molecule has 0 saturated carbocycles. The molecule has 0 spiro atoms. The van der Waals surface area contributed by atoms with Gasteiger partial charge in [0.15, 0.2) is 11.4 Å². The zero-order chi connectivity index (χ0) is 21.1. The normalized spacial score (nSPS) is 10.9. The number of ether oxygens (including phenoxy) is 1. The van der Waals surface area contributed by atoms with Gasteiger partial charge in [0.25, 0.3) is 5.56 Å². The molecular weight excluding hydrogens is 406 g/mol. The number of aromatic nitrogens is 4. The summed E-state index contributed by atoms with van der Waals surface area (Å²) in [5.41, 5.74) is 0.712. The zero-order valence-corrected chi connectivity index (χ0v) is 16.8. The molecule has 9 heteroatoms. The monoisotopic (exact) mass is 423 g/mol. The van der Waals surface area contributed by atoms with Crippen LogP contribution in [0, 0.1) is 0 Å². The van der Waals surface area contributed by atoms with Crippen LogP contribution < -0.4 is 15.6 Å². The fourth-order valence-corrected chi connectivity index (χ4v) is 3.14. The number of carbonyl (C=O) groups excluding carboxylic acids is 1. The van der Waals surface area contributed by atoms with Crippen LogP contribution in [-0.4, -0.2) is 25.2 Å². The molecule has 8 nitrogen and oxygen atoms in total. The van der Waals surface area contributed by atoms with E-state index in [0.29, 0.717) is 33.2 Å². The molecule has 0 aliphatic heterocycles. The van der Waals surface area contributed by atoms with Crippen molar-refractivity contribution < 1.29 is 9.53 Å². The minimum atomic E-state index is -0.284. The van der Waals surface area contributed by atoms with Gasteiger partial charge in [-0.25, -0.2) is 4.98 Å². The number of amides is 1. The van der Waals surface area contributed by atoms with Crippen molar-refractivity contribution in [1.29, 1.82) is 0 Å². The minimum Gasteiger partial charge on any atom is -0.455 e. The average molecular weight is 424 g/mol. The molecular formula is C21H18ClN5O3. The van der Waals surface area contributed by atoms with Crippen LogP contribution >= 0.6 is 11.6 Å². The van der Waals surface area contributed by atoms with Gasteiger partial charge in [-0.15, -0.1) is 0 Å². The van der Waals surface area contributed by atoms with Crippen LogP contribution in [0.25, 0.3) is 11.0 Å². The third-order valence-electron chi connectivity index (χ3n) is 4.48. The number of rotatable bonds is 6. The summed E-state index contributed by atoms with van der Waals surface area (Å²) in [6, 6.07) is 14.2. The van der Waals surface area contributed by atoms with Crippen molar-refractivity contribution in [3.05, 3.63) is 76.4 Å². The first-order valence-corrected chi connectivity index (χ1v) is 9.58. The van der Waals surface area contributed by atoms with Gasteiger partial charge in [0.1, 0.15) is 11.1 Å². The van der Waals surface area contributed by atoms with Gasteiger partial charge in [-0.3, -0.25) is 18.8 Å². The van der Waals surface area contributed by atoms with Crippen LogP contribution in [-0.2, 0) is 18.4 Å². The quantitative estimate of drug-likeness (QED) is 0.511. The van der Waals surface area contributed by atoms with Crippen LogP contribution in [0.1, 0.15) is 6.42 Å². The van der Waals surface area contributed by atoms with E-state index in [1.54, 1.807) is 25.2 Å². The summed E-state index contributed by atoms with van der Waals surface area (Å²) in [7, 11) is 1.71. The molecule has 4 rings (SSSR count). The van der Waals surface area contributed by atoms with E-state index in [-0.39, 0.29) is 24.4 Å². The maximum absolute atomic E-state index is 12.5. The lowest BCUT2D eigenvalue weighted by atomic mass is 10.2. The van der Waals surface area contributed by atoms with Gasteiger partial charge < -0.3 is 10.1 Å². The number of benzene rings is 2. The summed E-state index contributed by atoms with van der Waals surface area (Å²) >= 11 is 6.09. The Morgan fingerprint density at radius 3 is 2.80 bits per heavy atom. The van der Waals surface area contributed by atoms with Gasteiger partial charge in [-0.1, -0.05) is 29.8 Å². The van der Waals surface area contributed by atoms with E-state index in [4.69, 9.17) is 16.3 Å². The van der Waals surface area contributed by atoms with Crippen LogP contribution in [0.4, 0.5) is 5.69 Å². The molecule has 1 N–H and O–H groups in total. The molecule has 30 heavy (non-hydrogen) atoms. The first kappa shape index (κ1) is 19.7. The number of anilines is 1. The van der Waals surface area contributed by atoms with Crippen LogP contribution in [0.3, 0.4) is 0 Å². The lowest BCUT2D eigenvalue weighted by Crippen LogP contribution is -2.23. The predicted molar refractivity (Wildman–Crippen MR) is 114 cm³/mol. The van der Waals surface area contributed by atoms with Crippen molar-refractivity contribution in [3.8, 4) is 11.5 Å². The Bertz CT molecular complexity index is 1270. The minimum absolute atomic E-state index is 0.0741. The van der Waals surface area contributed by atoms with Crippen LogP contribution in [0.5, 0.6) is 11.5 Å². The van der Waals surface area contributed by atoms with Crippen molar-refractivity contribution >= 4 is 34.2 Å². The summed E-state index contributed by atoms with van der Waals surface area (Å²) in [5, 5.41) is 7.72. The van der Waals surface area contributed by atoms with E-state index in [0.717, 1.165) is 0 Å². The third kappa shape index (κ3) is 4.18. The Morgan fingerprint density at radius 1 is 1.20 bits per heavy atom. The number of para-hydroxylation sites is 1. The second-order valence-electron chi connectivity index (χ2n) is 6.60. The molecule has 0 bridgehead atoms. The highest BCUT2D eigenvalue weighted by Crippen LogP contribution is 2.32. The largest absolute Gasteiger partial charge is 0.455 e. The van der Waals surface area contributed by atoms with Crippen LogP contribution in [0.2, 0.25) is 5.02 Å². The molecule has 4 aromatic rings. The Hall–Kier alpha value is -3.65. The molecule has 0 atom stereocenters. The molecule has 0 radical (unpaired) electrons. The van der Waals surface area contributed by atoms with Gasteiger partial charge in [0.2, 0.25) is 5.91 Å². The highest BCUT2D eigenvalue weighted by atomic mass is 35.5. The number of aryl methyl sites for hydroxylation is 2. The Kier molecular flexibility index (Phi) is 5.49. The summed E-state index contributed by atoms with van der Waals surface area (Å²) in [6.45, 7) is 0.179. The number of nitrogens with zero attached hydrogens (tertiary/aromatic N) is 4. The summed E-state index contributed by atoms with van der Waals surface area (Å²) in [4.78, 5) is 29.3. The highest BCUT2D eigenvalue weighted by Gasteiger charge is 2.12. The average Bonchev–Trinajstić information content (AvgIpc) is 3.12. The fraction of sp³-hybridized carbons (Fsp3) is 0.143. The lowest BCUT2D eigenvalue weighted by Gasteiger charge is -2.13. The Labute approximate surface area is 176 Å². The van der Waals surface area contributed by atoms with Gasteiger partial charge in [0, 0.05) is 25.0 Å². The van der Waals surface area contributed by atoms with E-state index < -0.39 is 0 Å². The number of carbonyl (C=O) groups is 1. The molecule has 0 aliphatic rings. The van der Waals surface area contributed by atoms with Crippen molar-refractivity contribution in [2.75, 3.05) is 5.32 Å².